The molecule has 2 aliphatic heterocycles. The first-order valence-electron chi connectivity index (χ1n) is 10.9. The van der Waals surface area contributed by atoms with E-state index in [1.54, 1.807) is 19.2 Å². The van der Waals surface area contributed by atoms with Crippen LogP contribution in [0.25, 0.3) is 22.2 Å². The minimum Gasteiger partial charge on any atom is -0.507 e. The Morgan fingerprint density at radius 3 is 2.66 bits per heavy atom. The minimum atomic E-state index is -4.60. The van der Waals surface area contributed by atoms with E-state index >= 15 is 0 Å². The molecule has 3 atom stereocenters. The van der Waals surface area contributed by atoms with Gasteiger partial charge in [0, 0.05) is 31.1 Å². The second kappa shape index (κ2) is 8.11. The number of aromatic nitrogens is 4. The third-order valence-corrected chi connectivity index (χ3v) is 6.66. The van der Waals surface area contributed by atoms with Crippen LogP contribution in [0.5, 0.6) is 5.75 Å². The van der Waals surface area contributed by atoms with Gasteiger partial charge in [0.05, 0.1) is 29.0 Å². The Kier molecular flexibility index (Phi) is 5.42. The van der Waals surface area contributed by atoms with Gasteiger partial charge in [0.25, 0.3) is 11.5 Å². The first kappa shape index (κ1) is 23.4. The number of piperidine rings is 1. The number of benzene rings is 1. The molecule has 8 nitrogen and oxygen atoms in total. The van der Waals surface area contributed by atoms with Crippen LogP contribution in [0.3, 0.4) is 0 Å². The number of alkyl halides is 5. The van der Waals surface area contributed by atoms with E-state index in [4.69, 9.17) is 0 Å². The highest BCUT2D eigenvalue weighted by molar-refractivity contribution is 5.86. The lowest BCUT2D eigenvalue weighted by Gasteiger charge is -2.36. The molecule has 0 aliphatic carbocycles. The largest absolute Gasteiger partial charge is 0.507 e. The van der Waals surface area contributed by atoms with Crippen LogP contribution in [0.4, 0.5) is 27.8 Å². The molecular weight excluding hydrogens is 475 g/mol. The third kappa shape index (κ3) is 4.40. The summed E-state index contributed by atoms with van der Waals surface area (Å²) in [4.78, 5) is 18.1. The molecule has 0 amide bonds. The average molecular weight is 496 g/mol. The molecular formula is C22H21F5N6O2. The van der Waals surface area contributed by atoms with E-state index in [2.05, 4.69) is 20.5 Å². The monoisotopic (exact) mass is 496 g/mol. The summed E-state index contributed by atoms with van der Waals surface area (Å²) < 4.78 is 66.5. The number of phenolic OH excluding ortho intramolecular Hbond substituents is 1. The number of fused-ring (bicyclic) bond motifs is 3. The predicted octanol–water partition coefficient (Wildman–Crippen LogP) is 3.09. The zero-order valence-electron chi connectivity index (χ0n) is 18.4. The summed E-state index contributed by atoms with van der Waals surface area (Å²) in [6, 6.07) is 4.35. The fourth-order valence-electron chi connectivity index (χ4n) is 4.89. The minimum absolute atomic E-state index is 0.0929. The molecule has 0 spiro atoms. The maximum Gasteiger partial charge on any atom is 0.406 e. The van der Waals surface area contributed by atoms with Crippen molar-refractivity contribution in [2.75, 3.05) is 11.9 Å². The smallest absolute Gasteiger partial charge is 0.406 e. The summed E-state index contributed by atoms with van der Waals surface area (Å²) in [5.74, 6) is -2.63. The molecule has 5 rings (SSSR count). The van der Waals surface area contributed by atoms with Crippen LogP contribution in [0.1, 0.15) is 19.3 Å². The number of nitrogens with one attached hydrogen (secondary N) is 1. The standard InChI is InChI=1S/C22H21F5N6O2/c1-32(12-4-11-8-21(23,24)18(5-12)29-11)19-3-2-15(30-31-19)13-6-16-14(7-17(13)34)20(35)33(10-28-16)9-22(25,26)27/h2-3,6-7,10-12,18,29,34H,4-5,8-9H2,1H3/t11-,12+,18+/m1/s1. The predicted molar refractivity (Wildman–Crippen MR) is 116 cm³/mol. The zero-order chi connectivity index (χ0) is 25.1. The summed E-state index contributed by atoms with van der Waals surface area (Å²) in [7, 11) is 1.76. The third-order valence-electron chi connectivity index (χ3n) is 6.66. The van der Waals surface area contributed by atoms with Gasteiger partial charge in [-0.05, 0) is 37.1 Å². The maximum absolute atomic E-state index is 14.0. The number of nitrogens with zero attached hydrogens (tertiary/aromatic N) is 5. The van der Waals surface area contributed by atoms with Crippen molar-refractivity contribution in [1.82, 2.24) is 25.1 Å². The summed E-state index contributed by atoms with van der Waals surface area (Å²) >= 11 is 0. The van der Waals surface area contributed by atoms with Crippen molar-refractivity contribution in [3.63, 3.8) is 0 Å². The van der Waals surface area contributed by atoms with E-state index in [9.17, 15) is 31.9 Å². The first-order valence-corrected chi connectivity index (χ1v) is 10.9. The molecule has 35 heavy (non-hydrogen) atoms. The van der Waals surface area contributed by atoms with Crippen molar-refractivity contribution in [1.29, 1.82) is 0 Å². The van der Waals surface area contributed by atoms with E-state index in [-0.39, 0.29) is 52.8 Å². The van der Waals surface area contributed by atoms with Crippen molar-refractivity contribution in [3.05, 3.63) is 40.9 Å². The van der Waals surface area contributed by atoms with Crippen LogP contribution in [-0.4, -0.2) is 62.1 Å². The Balaban J connectivity index is 1.39. The molecule has 2 aromatic heterocycles. The lowest BCUT2D eigenvalue weighted by atomic mass is 9.98. The zero-order valence-corrected chi connectivity index (χ0v) is 18.4. The molecule has 1 aromatic carbocycles. The summed E-state index contributed by atoms with van der Waals surface area (Å²) in [5, 5.41) is 21.5. The summed E-state index contributed by atoms with van der Waals surface area (Å²) in [6.07, 6.45) is -3.15. The average Bonchev–Trinajstić information content (AvgIpc) is 3.00. The summed E-state index contributed by atoms with van der Waals surface area (Å²) in [6.45, 7) is -1.49. The molecule has 4 heterocycles. The molecule has 13 heteroatoms. The first-order chi connectivity index (χ1) is 16.4. The van der Waals surface area contributed by atoms with Crippen molar-refractivity contribution >= 4 is 16.7 Å². The highest BCUT2D eigenvalue weighted by Crippen LogP contribution is 2.41. The molecule has 3 aromatic rings. The Labute approximate surface area is 195 Å². The Morgan fingerprint density at radius 2 is 2.00 bits per heavy atom. The molecule has 0 saturated carbocycles. The molecule has 2 aliphatic rings. The number of hydrogen-bond acceptors (Lipinski definition) is 7. The molecule has 2 N–H and O–H groups in total. The second-order valence-electron chi connectivity index (χ2n) is 9.07. The molecule has 2 bridgehead atoms. The van der Waals surface area contributed by atoms with Gasteiger partial charge in [0.15, 0.2) is 5.82 Å². The Morgan fingerprint density at radius 1 is 1.23 bits per heavy atom. The van der Waals surface area contributed by atoms with Gasteiger partial charge in [-0.3, -0.25) is 9.36 Å². The molecule has 0 unspecified atom stereocenters. The number of aromatic hydroxyl groups is 1. The van der Waals surface area contributed by atoms with Crippen molar-refractivity contribution in [2.45, 2.75) is 56.0 Å². The number of halogens is 5. The van der Waals surface area contributed by atoms with Crippen LogP contribution in [0.15, 0.2) is 35.4 Å². The van der Waals surface area contributed by atoms with Gasteiger partial charge in [-0.25, -0.2) is 13.8 Å². The van der Waals surface area contributed by atoms with E-state index < -0.39 is 30.2 Å². The maximum atomic E-state index is 14.0. The highest BCUT2D eigenvalue weighted by Gasteiger charge is 2.53. The van der Waals surface area contributed by atoms with E-state index in [0.29, 0.717) is 16.8 Å². The van der Waals surface area contributed by atoms with Crippen LogP contribution in [0.2, 0.25) is 0 Å². The fraction of sp³-hybridized carbons (Fsp3) is 0.455. The SMILES string of the molecule is CN(c1ccc(-c2cc3ncn(CC(F)(F)F)c(=O)c3cc2O)nn1)[C@H]1C[C@@H]2CC(F)(F)[C@H](C1)N2. The van der Waals surface area contributed by atoms with E-state index in [1.807, 2.05) is 4.90 Å². The number of rotatable bonds is 4. The Hall–Kier alpha value is -3.35. The highest BCUT2D eigenvalue weighted by atomic mass is 19.4. The second-order valence-corrected chi connectivity index (χ2v) is 9.07. The van der Waals surface area contributed by atoms with Crippen LogP contribution in [0, 0.1) is 0 Å². The lowest BCUT2D eigenvalue weighted by molar-refractivity contribution is -0.141. The van der Waals surface area contributed by atoms with Crippen LogP contribution in [-0.2, 0) is 6.54 Å². The number of anilines is 1. The van der Waals surface area contributed by atoms with Crippen LogP contribution >= 0.6 is 0 Å². The van der Waals surface area contributed by atoms with E-state index in [1.165, 1.54) is 6.07 Å². The Bertz CT molecular complexity index is 1330. The molecule has 2 fully saturated rings. The number of hydrogen-bond donors (Lipinski definition) is 2. The molecule has 186 valence electrons. The normalized spacial score (nSPS) is 23.5. The van der Waals surface area contributed by atoms with Crippen LogP contribution < -0.4 is 15.8 Å². The lowest BCUT2D eigenvalue weighted by Crippen LogP contribution is -2.49. The van der Waals surface area contributed by atoms with Crippen molar-refractivity contribution < 1.29 is 27.1 Å². The van der Waals surface area contributed by atoms with Gasteiger partial charge < -0.3 is 15.3 Å². The van der Waals surface area contributed by atoms with Gasteiger partial charge in [0.1, 0.15) is 12.3 Å². The van der Waals surface area contributed by atoms with Gasteiger partial charge in [-0.2, -0.15) is 13.2 Å². The quantitative estimate of drug-likeness (QED) is 0.536. The van der Waals surface area contributed by atoms with Crippen molar-refractivity contribution in [3.8, 4) is 17.0 Å². The van der Waals surface area contributed by atoms with Gasteiger partial charge in [-0.1, -0.05) is 0 Å². The topological polar surface area (TPSA) is 96.2 Å². The van der Waals surface area contributed by atoms with Gasteiger partial charge in [0.2, 0.25) is 0 Å². The van der Waals surface area contributed by atoms with Gasteiger partial charge >= 0.3 is 6.18 Å². The number of phenols is 1. The molecule has 2 saturated heterocycles. The van der Waals surface area contributed by atoms with Crippen molar-refractivity contribution in [2.24, 2.45) is 0 Å². The summed E-state index contributed by atoms with van der Waals surface area (Å²) in [5.41, 5.74) is -0.395. The van der Waals surface area contributed by atoms with Gasteiger partial charge in [-0.15, -0.1) is 10.2 Å². The fourth-order valence-corrected chi connectivity index (χ4v) is 4.89. The molecule has 0 radical (unpaired) electrons. The van der Waals surface area contributed by atoms with E-state index in [0.717, 1.165) is 12.4 Å².